The zero-order chi connectivity index (χ0) is 13.6. The maximum Gasteiger partial charge on any atom is 0.237 e. The summed E-state index contributed by atoms with van der Waals surface area (Å²) in [6.45, 7) is 2.15. The van der Waals surface area contributed by atoms with Crippen LogP contribution in [0.1, 0.15) is 26.2 Å². The number of amides is 2. The molecule has 1 saturated heterocycles. The molecule has 3 atom stereocenters. The number of hydrogen-bond donors (Lipinski definition) is 0. The van der Waals surface area contributed by atoms with Crippen molar-refractivity contribution in [3.63, 3.8) is 0 Å². The Bertz CT molecular complexity index is 543. The van der Waals surface area contributed by atoms with Crippen molar-refractivity contribution in [2.75, 3.05) is 4.90 Å². The van der Waals surface area contributed by atoms with Gasteiger partial charge in [-0.3, -0.25) is 14.5 Å². The molecule has 3 nitrogen and oxygen atoms in total. The third-order valence-electron chi connectivity index (χ3n) is 4.25. The first-order valence-electron chi connectivity index (χ1n) is 6.71. The van der Waals surface area contributed by atoms with E-state index in [0.717, 1.165) is 19.3 Å². The second-order valence-electron chi connectivity index (χ2n) is 5.62. The SMILES string of the molecule is CC1CCC2C(=O)N(c3cccc(Cl)c3)C(=O)C2C1. The third-order valence-corrected chi connectivity index (χ3v) is 4.49. The van der Waals surface area contributed by atoms with Crippen LogP contribution in [0.4, 0.5) is 5.69 Å². The molecule has 1 aliphatic heterocycles. The van der Waals surface area contributed by atoms with Crippen molar-refractivity contribution in [2.45, 2.75) is 26.2 Å². The standard InChI is InChI=1S/C15H16ClNO2/c1-9-5-6-12-13(7-9)15(19)17(14(12)18)11-4-2-3-10(16)8-11/h2-4,8-9,12-13H,5-7H2,1H3. The van der Waals surface area contributed by atoms with Crippen LogP contribution in [0.3, 0.4) is 0 Å². The van der Waals surface area contributed by atoms with Crippen molar-refractivity contribution in [1.29, 1.82) is 0 Å². The first-order chi connectivity index (χ1) is 9.08. The fourth-order valence-corrected chi connectivity index (χ4v) is 3.44. The van der Waals surface area contributed by atoms with Gasteiger partial charge < -0.3 is 0 Å². The lowest BCUT2D eigenvalue weighted by Gasteiger charge is -2.25. The van der Waals surface area contributed by atoms with E-state index < -0.39 is 0 Å². The molecular formula is C15H16ClNO2. The van der Waals surface area contributed by atoms with Gasteiger partial charge in [0, 0.05) is 5.02 Å². The van der Waals surface area contributed by atoms with E-state index in [1.807, 2.05) is 0 Å². The number of imide groups is 1. The molecule has 100 valence electrons. The predicted octanol–water partition coefficient (Wildman–Crippen LogP) is 3.27. The van der Waals surface area contributed by atoms with Gasteiger partial charge in [-0.1, -0.05) is 24.6 Å². The van der Waals surface area contributed by atoms with Crippen LogP contribution >= 0.6 is 11.6 Å². The summed E-state index contributed by atoms with van der Waals surface area (Å²) >= 11 is 5.95. The molecule has 1 aromatic rings. The van der Waals surface area contributed by atoms with Crippen molar-refractivity contribution in [3.8, 4) is 0 Å². The molecule has 4 heteroatoms. The minimum atomic E-state index is -0.129. The second kappa shape index (κ2) is 4.64. The van der Waals surface area contributed by atoms with Gasteiger partial charge in [-0.15, -0.1) is 0 Å². The molecule has 3 unspecified atom stereocenters. The predicted molar refractivity (Wildman–Crippen MR) is 73.9 cm³/mol. The highest BCUT2D eigenvalue weighted by Crippen LogP contribution is 2.42. The molecule has 3 rings (SSSR count). The second-order valence-corrected chi connectivity index (χ2v) is 6.06. The molecule has 0 spiro atoms. The van der Waals surface area contributed by atoms with Crippen molar-refractivity contribution >= 4 is 29.1 Å². The summed E-state index contributed by atoms with van der Waals surface area (Å²) in [6.07, 6.45) is 2.68. The monoisotopic (exact) mass is 277 g/mol. The van der Waals surface area contributed by atoms with Crippen LogP contribution in [0.5, 0.6) is 0 Å². The van der Waals surface area contributed by atoms with E-state index in [1.54, 1.807) is 24.3 Å². The Kier molecular flexibility index (Phi) is 3.09. The Labute approximate surface area is 117 Å². The molecule has 2 fully saturated rings. The molecule has 2 aliphatic rings. The van der Waals surface area contributed by atoms with Gasteiger partial charge in [-0.25, -0.2) is 0 Å². The van der Waals surface area contributed by atoms with E-state index in [9.17, 15) is 9.59 Å². The fraction of sp³-hybridized carbons (Fsp3) is 0.467. The van der Waals surface area contributed by atoms with Crippen LogP contribution in [-0.4, -0.2) is 11.8 Å². The minimum Gasteiger partial charge on any atom is -0.274 e. The van der Waals surface area contributed by atoms with Crippen LogP contribution in [0.25, 0.3) is 0 Å². The lowest BCUT2D eigenvalue weighted by molar-refractivity contribution is -0.122. The average Bonchev–Trinajstić information content (AvgIpc) is 2.61. The Morgan fingerprint density at radius 2 is 1.89 bits per heavy atom. The van der Waals surface area contributed by atoms with E-state index in [-0.39, 0.29) is 23.7 Å². The number of hydrogen-bond acceptors (Lipinski definition) is 2. The van der Waals surface area contributed by atoms with E-state index in [4.69, 9.17) is 11.6 Å². The van der Waals surface area contributed by atoms with Gasteiger partial charge in [0.1, 0.15) is 0 Å². The van der Waals surface area contributed by atoms with Crippen molar-refractivity contribution in [3.05, 3.63) is 29.3 Å². The number of benzene rings is 1. The lowest BCUT2D eigenvalue weighted by Crippen LogP contribution is -2.30. The quantitative estimate of drug-likeness (QED) is 0.739. The van der Waals surface area contributed by atoms with Crippen LogP contribution in [-0.2, 0) is 9.59 Å². The Balaban J connectivity index is 1.95. The zero-order valence-corrected chi connectivity index (χ0v) is 11.6. The number of fused-ring (bicyclic) bond motifs is 1. The number of rotatable bonds is 1. The molecule has 1 heterocycles. The summed E-state index contributed by atoms with van der Waals surface area (Å²) in [5.74, 6) is 0.170. The summed E-state index contributed by atoms with van der Waals surface area (Å²) < 4.78 is 0. The Hall–Kier alpha value is -1.35. The van der Waals surface area contributed by atoms with Crippen molar-refractivity contribution < 1.29 is 9.59 Å². The van der Waals surface area contributed by atoms with Crippen molar-refractivity contribution in [1.82, 2.24) is 0 Å². The molecule has 0 radical (unpaired) electrons. The topological polar surface area (TPSA) is 37.4 Å². The zero-order valence-electron chi connectivity index (χ0n) is 10.8. The molecule has 0 N–H and O–H groups in total. The number of carbonyl (C=O) groups is 2. The molecule has 1 aromatic carbocycles. The van der Waals surface area contributed by atoms with Gasteiger partial charge >= 0.3 is 0 Å². The molecule has 1 saturated carbocycles. The molecular weight excluding hydrogens is 262 g/mol. The highest BCUT2D eigenvalue weighted by Gasteiger charge is 2.49. The summed E-state index contributed by atoms with van der Waals surface area (Å²) in [5, 5.41) is 0.543. The van der Waals surface area contributed by atoms with Gasteiger partial charge in [-0.2, -0.15) is 0 Å². The average molecular weight is 278 g/mol. The van der Waals surface area contributed by atoms with Gasteiger partial charge in [0.2, 0.25) is 11.8 Å². The summed E-state index contributed by atoms with van der Waals surface area (Å²) in [6, 6.07) is 6.95. The molecule has 2 amide bonds. The third kappa shape index (κ3) is 2.06. The Morgan fingerprint density at radius 3 is 2.63 bits per heavy atom. The van der Waals surface area contributed by atoms with Gasteiger partial charge in [0.05, 0.1) is 17.5 Å². The lowest BCUT2D eigenvalue weighted by atomic mass is 9.76. The molecule has 0 aromatic heterocycles. The number of halogens is 1. The van der Waals surface area contributed by atoms with E-state index in [1.165, 1.54) is 4.90 Å². The van der Waals surface area contributed by atoms with E-state index >= 15 is 0 Å². The van der Waals surface area contributed by atoms with Crippen LogP contribution in [0.2, 0.25) is 5.02 Å². The summed E-state index contributed by atoms with van der Waals surface area (Å²) in [5.41, 5.74) is 0.601. The summed E-state index contributed by atoms with van der Waals surface area (Å²) in [4.78, 5) is 26.2. The highest BCUT2D eigenvalue weighted by atomic mass is 35.5. The summed E-state index contributed by atoms with van der Waals surface area (Å²) in [7, 11) is 0. The maximum absolute atomic E-state index is 12.5. The first kappa shape index (κ1) is 12.7. The molecule has 0 bridgehead atoms. The van der Waals surface area contributed by atoms with Crippen LogP contribution < -0.4 is 4.90 Å². The fourth-order valence-electron chi connectivity index (χ4n) is 3.26. The van der Waals surface area contributed by atoms with Crippen LogP contribution in [0.15, 0.2) is 24.3 Å². The molecule has 1 aliphatic carbocycles. The number of carbonyl (C=O) groups excluding carboxylic acids is 2. The van der Waals surface area contributed by atoms with Gasteiger partial charge in [-0.05, 0) is 43.4 Å². The van der Waals surface area contributed by atoms with Gasteiger partial charge in [0.15, 0.2) is 0 Å². The maximum atomic E-state index is 12.5. The smallest absolute Gasteiger partial charge is 0.237 e. The van der Waals surface area contributed by atoms with Gasteiger partial charge in [0.25, 0.3) is 0 Å². The number of anilines is 1. The largest absolute Gasteiger partial charge is 0.274 e. The molecule has 19 heavy (non-hydrogen) atoms. The normalized spacial score (nSPS) is 30.6. The number of nitrogens with zero attached hydrogens (tertiary/aromatic N) is 1. The van der Waals surface area contributed by atoms with E-state index in [0.29, 0.717) is 16.6 Å². The Morgan fingerprint density at radius 1 is 1.16 bits per heavy atom. The van der Waals surface area contributed by atoms with Crippen molar-refractivity contribution in [2.24, 2.45) is 17.8 Å². The highest BCUT2D eigenvalue weighted by molar-refractivity contribution is 6.31. The first-order valence-corrected chi connectivity index (χ1v) is 7.09. The minimum absolute atomic E-state index is 0.0517. The van der Waals surface area contributed by atoms with Crippen LogP contribution in [0, 0.1) is 17.8 Å². The van der Waals surface area contributed by atoms with E-state index in [2.05, 4.69) is 6.92 Å².